The molecule has 0 aromatic heterocycles. The molecule has 0 aliphatic carbocycles. The third-order valence-electron chi connectivity index (χ3n) is 2.56. The molecule has 2 rings (SSSR count). The molecule has 0 spiro atoms. The molecule has 1 aromatic rings. The molecule has 0 saturated carbocycles. The van der Waals surface area contributed by atoms with Gasteiger partial charge in [-0.15, -0.1) is 0 Å². The maximum absolute atomic E-state index is 11.7. The largest absolute Gasteiger partial charge is 0.463 e. The van der Waals surface area contributed by atoms with E-state index in [1.807, 2.05) is 0 Å². The number of benzene rings is 1. The summed E-state index contributed by atoms with van der Waals surface area (Å²) in [6.45, 7) is 0.282. The fraction of sp³-hybridized carbons (Fsp3) is 0.333. The van der Waals surface area contributed by atoms with Gasteiger partial charge in [0.2, 0.25) is 6.10 Å². The van der Waals surface area contributed by atoms with Crippen LogP contribution in [-0.2, 0) is 25.1 Å². The second kappa shape index (κ2) is 5.30. The number of carbonyl (C=O) groups is 2. The number of carbonyl (C=O) groups excluding carboxylic acids is 2. The average molecular weight is 268 g/mol. The van der Waals surface area contributed by atoms with E-state index in [1.165, 1.54) is 12.1 Å². The first kappa shape index (κ1) is 12.8. The van der Waals surface area contributed by atoms with Crippen molar-refractivity contribution in [1.82, 2.24) is 0 Å². The topological polar surface area (TPSA) is 69.7 Å². The lowest BCUT2D eigenvalue weighted by atomic mass is 10.2. The third-order valence-corrected chi connectivity index (χ3v) is 3.49. The molecular formula is C12H12O5S. The van der Waals surface area contributed by atoms with Crippen LogP contribution in [0, 0.1) is 0 Å². The molecule has 1 saturated heterocycles. The van der Waals surface area contributed by atoms with Crippen LogP contribution >= 0.6 is 0 Å². The zero-order valence-electron chi connectivity index (χ0n) is 9.75. The minimum Gasteiger partial charge on any atom is -0.463 e. The minimum absolute atomic E-state index is 0.282. The predicted octanol–water partition coefficient (Wildman–Crippen LogP) is 0.896. The predicted molar refractivity (Wildman–Crippen MR) is 63.6 cm³/mol. The summed E-state index contributed by atoms with van der Waals surface area (Å²) in [6.07, 6.45) is 1.14. The normalized spacial score (nSPS) is 20.3. The Morgan fingerprint density at radius 3 is 2.56 bits per heavy atom. The second-order valence-electron chi connectivity index (χ2n) is 3.83. The molecule has 18 heavy (non-hydrogen) atoms. The molecule has 0 radical (unpaired) electrons. The van der Waals surface area contributed by atoms with E-state index in [2.05, 4.69) is 0 Å². The van der Waals surface area contributed by atoms with Crippen LogP contribution in [0.2, 0.25) is 0 Å². The van der Waals surface area contributed by atoms with Gasteiger partial charge in [-0.05, 0) is 24.3 Å². The zero-order chi connectivity index (χ0) is 13.1. The van der Waals surface area contributed by atoms with E-state index >= 15 is 0 Å². The SMILES string of the molecule is C[S@](=O)c1ccc(C(=O)O[C@@H]2CCOC2=O)cc1. The Balaban J connectivity index is 2.04. The molecule has 0 unspecified atom stereocenters. The van der Waals surface area contributed by atoms with Crippen molar-refractivity contribution in [2.45, 2.75) is 17.4 Å². The summed E-state index contributed by atoms with van der Waals surface area (Å²) < 4.78 is 20.9. The Bertz CT molecular complexity index is 494. The van der Waals surface area contributed by atoms with Crippen molar-refractivity contribution in [2.24, 2.45) is 0 Å². The standard InChI is InChI=1S/C12H12O5S/c1-18(15)9-4-2-8(3-5-9)11(13)17-10-6-7-16-12(10)14/h2-5,10H,6-7H2,1H3/t10-,18+/m1/s1. The Labute approximate surface area is 107 Å². The van der Waals surface area contributed by atoms with E-state index in [0.717, 1.165) is 0 Å². The third kappa shape index (κ3) is 2.76. The first-order valence-electron chi connectivity index (χ1n) is 5.39. The second-order valence-corrected chi connectivity index (χ2v) is 5.21. The minimum atomic E-state index is -1.09. The summed E-state index contributed by atoms with van der Waals surface area (Å²) in [5, 5.41) is 0. The molecule has 2 atom stereocenters. The molecule has 6 heteroatoms. The number of rotatable bonds is 3. The number of cyclic esters (lactones) is 1. The van der Waals surface area contributed by atoms with Crippen LogP contribution in [0.4, 0.5) is 0 Å². The maximum Gasteiger partial charge on any atom is 0.347 e. The Morgan fingerprint density at radius 2 is 2.06 bits per heavy atom. The molecule has 1 heterocycles. The van der Waals surface area contributed by atoms with Crippen LogP contribution in [-0.4, -0.2) is 35.1 Å². The number of hydrogen-bond acceptors (Lipinski definition) is 5. The van der Waals surface area contributed by atoms with Crippen molar-refractivity contribution < 1.29 is 23.3 Å². The van der Waals surface area contributed by atoms with Gasteiger partial charge >= 0.3 is 11.9 Å². The van der Waals surface area contributed by atoms with Gasteiger partial charge in [0.25, 0.3) is 0 Å². The van der Waals surface area contributed by atoms with Crippen LogP contribution in [0.15, 0.2) is 29.2 Å². The van der Waals surface area contributed by atoms with Gasteiger partial charge in [0.05, 0.1) is 12.2 Å². The molecule has 96 valence electrons. The lowest BCUT2D eigenvalue weighted by Gasteiger charge is -2.08. The fourth-order valence-electron chi connectivity index (χ4n) is 1.56. The zero-order valence-corrected chi connectivity index (χ0v) is 10.6. The van der Waals surface area contributed by atoms with E-state index in [1.54, 1.807) is 18.4 Å². The molecule has 1 aliphatic heterocycles. The summed E-state index contributed by atoms with van der Waals surface area (Å²) in [5.41, 5.74) is 0.323. The maximum atomic E-state index is 11.7. The molecular weight excluding hydrogens is 256 g/mol. The Morgan fingerprint density at radius 1 is 1.39 bits per heavy atom. The first-order valence-corrected chi connectivity index (χ1v) is 6.95. The summed E-state index contributed by atoms with van der Waals surface area (Å²) >= 11 is 0. The van der Waals surface area contributed by atoms with Crippen molar-refractivity contribution in [1.29, 1.82) is 0 Å². The number of ether oxygens (including phenoxy) is 2. The van der Waals surface area contributed by atoms with E-state index in [4.69, 9.17) is 9.47 Å². The average Bonchev–Trinajstić information content (AvgIpc) is 2.75. The summed E-state index contributed by atoms with van der Waals surface area (Å²) in [4.78, 5) is 23.5. The van der Waals surface area contributed by atoms with Crippen LogP contribution < -0.4 is 0 Å². The molecule has 1 aromatic carbocycles. The van der Waals surface area contributed by atoms with E-state index in [9.17, 15) is 13.8 Å². The van der Waals surface area contributed by atoms with Crippen LogP contribution in [0.25, 0.3) is 0 Å². The van der Waals surface area contributed by atoms with Gasteiger partial charge in [0, 0.05) is 28.4 Å². The van der Waals surface area contributed by atoms with Crippen molar-refractivity contribution >= 4 is 22.7 Å². The van der Waals surface area contributed by atoms with Gasteiger partial charge < -0.3 is 9.47 Å². The number of esters is 2. The van der Waals surface area contributed by atoms with Crippen molar-refractivity contribution in [3.05, 3.63) is 29.8 Å². The monoisotopic (exact) mass is 268 g/mol. The van der Waals surface area contributed by atoms with Gasteiger partial charge in [-0.3, -0.25) is 4.21 Å². The van der Waals surface area contributed by atoms with Gasteiger partial charge in [-0.2, -0.15) is 0 Å². The van der Waals surface area contributed by atoms with Crippen molar-refractivity contribution in [2.75, 3.05) is 12.9 Å². The van der Waals surface area contributed by atoms with Gasteiger partial charge in [-0.1, -0.05) is 0 Å². The van der Waals surface area contributed by atoms with E-state index in [-0.39, 0.29) is 6.61 Å². The highest BCUT2D eigenvalue weighted by molar-refractivity contribution is 7.84. The van der Waals surface area contributed by atoms with E-state index in [0.29, 0.717) is 16.9 Å². The molecule has 0 bridgehead atoms. The molecule has 0 amide bonds. The molecule has 1 aliphatic rings. The smallest absolute Gasteiger partial charge is 0.347 e. The van der Waals surface area contributed by atoms with Crippen molar-refractivity contribution in [3.8, 4) is 0 Å². The Kier molecular flexibility index (Phi) is 3.76. The lowest BCUT2D eigenvalue weighted by Crippen LogP contribution is -2.22. The molecule has 5 nitrogen and oxygen atoms in total. The lowest BCUT2D eigenvalue weighted by molar-refractivity contribution is -0.145. The number of hydrogen-bond donors (Lipinski definition) is 0. The first-order chi connectivity index (χ1) is 8.58. The highest BCUT2D eigenvalue weighted by Crippen LogP contribution is 2.14. The molecule has 0 N–H and O–H groups in total. The summed E-state index contributed by atoms with van der Waals surface area (Å²) in [5.74, 6) is -1.08. The van der Waals surface area contributed by atoms with Crippen LogP contribution in [0.3, 0.4) is 0 Å². The quantitative estimate of drug-likeness (QED) is 0.762. The van der Waals surface area contributed by atoms with Crippen LogP contribution in [0.1, 0.15) is 16.8 Å². The van der Waals surface area contributed by atoms with E-state index < -0.39 is 28.8 Å². The fourth-order valence-corrected chi connectivity index (χ4v) is 2.08. The van der Waals surface area contributed by atoms with Crippen LogP contribution in [0.5, 0.6) is 0 Å². The highest BCUT2D eigenvalue weighted by Gasteiger charge is 2.30. The summed E-state index contributed by atoms with van der Waals surface area (Å²) in [7, 11) is -1.09. The summed E-state index contributed by atoms with van der Waals surface area (Å²) in [6, 6.07) is 6.25. The Hall–Kier alpha value is -1.69. The van der Waals surface area contributed by atoms with Crippen molar-refractivity contribution in [3.63, 3.8) is 0 Å². The van der Waals surface area contributed by atoms with Gasteiger partial charge in [-0.25, -0.2) is 9.59 Å². The molecule has 1 fully saturated rings. The van der Waals surface area contributed by atoms with Gasteiger partial charge in [0.1, 0.15) is 0 Å². The van der Waals surface area contributed by atoms with Gasteiger partial charge in [0.15, 0.2) is 0 Å². The highest BCUT2D eigenvalue weighted by atomic mass is 32.2.